The second-order valence-electron chi connectivity index (χ2n) is 4.82. The Morgan fingerprint density at radius 1 is 1.37 bits per heavy atom. The second-order valence-corrected chi connectivity index (χ2v) is 4.82. The highest BCUT2D eigenvalue weighted by Gasteiger charge is 2.35. The van der Waals surface area contributed by atoms with Crippen LogP contribution in [0.15, 0.2) is 12.2 Å². The summed E-state index contributed by atoms with van der Waals surface area (Å²) in [6.07, 6.45) is 3.67. The first-order valence-corrected chi connectivity index (χ1v) is 6.27. The Balaban J connectivity index is 2.64. The standard InChI is InChI=1S/C13H21NO5/c1-14(7-9(15)8-19-2)12(16)10-5-3-4-6-11(10)13(17)18/h3-4,9-11,15H,5-8H2,1-2H3,(H,17,18). The van der Waals surface area contributed by atoms with Crippen LogP contribution in [0.5, 0.6) is 0 Å². The van der Waals surface area contributed by atoms with E-state index >= 15 is 0 Å². The van der Waals surface area contributed by atoms with Crippen molar-refractivity contribution < 1.29 is 24.5 Å². The minimum Gasteiger partial charge on any atom is -0.481 e. The van der Waals surface area contributed by atoms with Crippen molar-refractivity contribution >= 4 is 11.9 Å². The number of aliphatic carboxylic acids is 1. The molecule has 0 aliphatic heterocycles. The monoisotopic (exact) mass is 271 g/mol. The molecule has 6 heteroatoms. The zero-order valence-electron chi connectivity index (χ0n) is 11.3. The average molecular weight is 271 g/mol. The largest absolute Gasteiger partial charge is 0.481 e. The number of carbonyl (C=O) groups is 2. The van der Waals surface area contributed by atoms with E-state index in [4.69, 9.17) is 9.84 Å². The molecule has 1 aliphatic rings. The fourth-order valence-electron chi connectivity index (χ4n) is 2.29. The number of carbonyl (C=O) groups excluding carboxylic acids is 1. The van der Waals surface area contributed by atoms with E-state index in [1.165, 1.54) is 12.0 Å². The maximum atomic E-state index is 12.2. The minimum absolute atomic E-state index is 0.138. The highest BCUT2D eigenvalue weighted by Crippen LogP contribution is 2.27. The summed E-state index contributed by atoms with van der Waals surface area (Å²) >= 11 is 0. The Morgan fingerprint density at radius 3 is 2.47 bits per heavy atom. The number of hydrogen-bond donors (Lipinski definition) is 2. The summed E-state index contributed by atoms with van der Waals surface area (Å²) in [5.74, 6) is -2.43. The summed E-state index contributed by atoms with van der Waals surface area (Å²) in [5, 5.41) is 18.7. The van der Waals surface area contributed by atoms with Crippen molar-refractivity contribution in [2.24, 2.45) is 11.8 Å². The number of carboxylic acids is 1. The van der Waals surface area contributed by atoms with Gasteiger partial charge in [-0.15, -0.1) is 0 Å². The van der Waals surface area contributed by atoms with Crippen molar-refractivity contribution in [1.82, 2.24) is 4.90 Å². The van der Waals surface area contributed by atoms with Crippen LogP contribution >= 0.6 is 0 Å². The number of rotatable bonds is 6. The Labute approximate surface area is 112 Å². The molecule has 3 unspecified atom stereocenters. The van der Waals surface area contributed by atoms with Gasteiger partial charge in [0, 0.05) is 20.7 Å². The van der Waals surface area contributed by atoms with Gasteiger partial charge in [0.1, 0.15) is 0 Å². The fraction of sp³-hybridized carbons (Fsp3) is 0.692. The van der Waals surface area contributed by atoms with Crippen molar-refractivity contribution in [3.05, 3.63) is 12.2 Å². The van der Waals surface area contributed by atoms with E-state index in [1.54, 1.807) is 13.1 Å². The topological polar surface area (TPSA) is 87.1 Å². The number of hydrogen-bond acceptors (Lipinski definition) is 4. The molecule has 0 radical (unpaired) electrons. The van der Waals surface area contributed by atoms with Gasteiger partial charge in [-0.1, -0.05) is 12.2 Å². The first-order chi connectivity index (χ1) is 8.97. The SMILES string of the molecule is COCC(O)CN(C)C(=O)C1CC=CCC1C(=O)O. The fourth-order valence-corrected chi connectivity index (χ4v) is 2.29. The van der Waals surface area contributed by atoms with E-state index in [0.717, 1.165) is 0 Å². The summed E-state index contributed by atoms with van der Waals surface area (Å²) in [6.45, 7) is 0.282. The predicted molar refractivity (Wildman–Crippen MR) is 68.5 cm³/mol. The van der Waals surface area contributed by atoms with Crippen LogP contribution in [0.25, 0.3) is 0 Å². The van der Waals surface area contributed by atoms with Gasteiger partial charge in [0.05, 0.1) is 24.5 Å². The van der Waals surface area contributed by atoms with E-state index in [1.807, 2.05) is 6.08 Å². The van der Waals surface area contributed by atoms with E-state index < -0.39 is 23.9 Å². The van der Waals surface area contributed by atoms with Gasteiger partial charge in [-0.2, -0.15) is 0 Å². The van der Waals surface area contributed by atoms with Crippen molar-refractivity contribution in [1.29, 1.82) is 0 Å². The number of nitrogens with zero attached hydrogens (tertiary/aromatic N) is 1. The summed E-state index contributed by atoms with van der Waals surface area (Å²) in [6, 6.07) is 0. The predicted octanol–water partition coefficient (Wildman–Crippen LogP) is 0.119. The number of amides is 1. The van der Waals surface area contributed by atoms with Gasteiger partial charge in [0.2, 0.25) is 5.91 Å². The van der Waals surface area contributed by atoms with Gasteiger partial charge in [0.25, 0.3) is 0 Å². The molecule has 0 saturated heterocycles. The Morgan fingerprint density at radius 2 is 1.95 bits per heavy atom. The molecule has 0 aromatic heterocycles. The van der Waals surface area contributed by atoms with Crippen LogP contribution in [-0.4, -0.2) is 60.4 Å². The van der Waals surface area contributed by atoms with Crippen LogP contribution in [0.4, 0.5) is 0 Å². The van der Waals surface area contributed by atoms with Crippen LogP contribution in [0.1, 0.15) is 12.8 Å². The van der Waals surface area contributed by atoms with Gasteiger partial charge >= 0.3 is 5.97 Å². The van der Waals surface area contributed by atoms with Crippen LogP contribution in [0, 0.1) is 11.8 Å². The molecule has 3 atom stereocenters. The molecule has 0 bridgehead atoms. The van der Waals surface area contributed by atoms with E-state index in [9.17, 15) is 14.7 Å². The quantitative estimate of drug-likeness (QED) is 0.670. The van der Waals surface area contributed by atoms with Crippen LogP contribution in [0.2, 0.25) is 0 Å². The molecular formula is C13H21NO5. The lowest BCUT2D eigenvalue weighted by Gasteiger charge is -2.29. The highest BCUT2D eigenvalue weighted by atomic mass is 16.5. The third-order valence-corrected chi connectivity index (χ3v) is 3.29. The first-order valence-electron chi connectivity index (χ1n) is 6.27. The van der Waals surface area contributed by atoms with E-state index in [2.05, 4.69) is 0 Å². The van der Waals surface area contributed by atoms with Gasteiger partial charge in [-0.3, -0.25) is 9.59 Å². The van der Waals surface area contributed by atoms with Gasteiger partial charge < -0.3 is 19.8 Å². The maximum Gasteiger partial charge on any atom is 0.307 e. The van der Waals surface area contributed by atoms with E-state index in [0.29, 0.717) is 12.8 Å². The molecule has 0 aromatic rings. The van der Waals surface area contributed by atoms with Crippen molar-refractivity contribution in [3.63, 3.8) is 0 Å². The molecule has 2 N–H and O–H groups in total. The van der Waals surface area contributed by atoms with Crippen LogP contribution in [0.3, 0.4) is 0 Å². The smallest absolute Gasteiger partial charge is 0.307 e. The zero-order valence-corrected chi connectivity index (χ0v) is 11.3. The third-order valence-electron chi connectivity index (χ3n) is 3.29. The van der Waals surface area contributed by atoms with Gasteiger partial charge in [0.15, 0.2) is 0 Å². The van der Waals surface area contributed by atoms with Gasteiger partial charge in [-0.25, -0.2) is 0 Å². The lowest BCUT2D eigenvalue weighted by Crippen LogP contribution is -2.43. The normalized spacial score (nSPS) is 23.9. The molecule has 0 spiro atoms. The summed E-state index contributed by atoms with van der Waals surface area (Å²) in [4.78, 5) is 24.8. The molecule has 1 aliphatic carbocycles. The van der Waals surface area contributed by atoms with Crippen LogP contribution < -0.4 is 0 Å². The lowest BCUT2D eigenvalue weighted by molar-refractivity contribution is -0.150. The first kappa shape index (κ1) is 15.7. The molecule has 6 nitrogen and oxygen atoms in total. The minimum atomic E-state index is -0.950. The number of methoxy groups -OCH3 is 1. The molecule has 1 amide bonds. The molecule has 1 rings (SSSR count). The molecule has 0 heterocycles. The summed E-state index contributed by atoms with van der Waals surface area (Å²) in [5.41, 5.74) is 0. The van der Waals surface area contributed by atoms with Crippen molar-refractivity contribution in [2.75, 3.05) is 27.3 Å². The molecule has 0 aromatic carbocycles. The number of aliphatic hydroxyl groups excluding tert-OH is 1. The molecular weight excluding hydrogens is 250 g/mol. The maximum absolute atomic E-state index is 12.2. The van der Waals surface area contributed by atoms with E-state index in [-0.39, 0.29) is 19.1 Å². The number of likely N-dealkylation sites (N-methyl/N-ethyl adjacent to an activating group) is 1. The highest BCUT2D eigenvalue weighted by molar-refractivity contribution is 5.85. The lowest BCUT2D eigenvalue weighted by atomic mass is 9.82. The summed E-state index contributed by atoms with van der Waals surface area (Å²) in [7, 11) is 3.04. The zero-order chi connectivity index (χ0) is 14.4. The number of carboxylic acid groups (broad SMARTS) is 1. The third kappa shape index (κ3) is 4.33. The Kier molecular flexibility index (Phi) is 5.98. The van der Waals surface area contributed by atoms with Crippen molar-refractivity contribution in [2.45, 2.75) is 18.9 Å². The van der Waals surface area contributed by atoms with Gasteiger partial charge in [-0.05, 0) is 12.8 Å². The Bertz CT molecular complexity index is 355. The second kappa shape index (κ2) is 7.25. The molecule has 19 heavy (non-hydrogen) atoms. The number of ether oxygens (including phenoxy) is 1. The van der Waals surface area contributed by atoms with Crippen molar-refractivity contribution in [3.8, 4) is 0 Å². The molecule has 0 fully saturated rings. The number of allylic oxidation sites excluding steroid dienone is 2. The Hall–Kier alpha value is -1.40. The summed E-state index contributed by atoms with van der Waals surface area (Å²) < 4.78 is 4.80. The molecule has 0 saturated carbocycles. The average Bonchev–Trinajstić information content (AvgIpc) is 2.37. The number of aliphatic hydroxyl groups is 1. The van der Waals surface area contributed by atoms with Crippen LogP contribution in [-0.2, 0) is 14.3 Å². The molecule has 108 valence electrons.